The van der Waals surface area contributed by atoms with Crippen molar-refractivity contribution in [1.29, 1.82) is 5.41 Å². The maximum atomic E-state index is 13.3. The number of ether oxygens (including phenoxy) is 2. The van der Waals surface area contributed by atoms with E-state index in [1.807, 2.05) is 23.7 Å². The molecule has 0 spiro atoms. The van der Waals surface area contributed by atoms with Crippen molar-refractivity contribution in [2.75, 3.05) is 11.4 Å². The summed E-state index contributed by atoms with van der Waals surface area (Å²) in [5.74, 6) is -0.0127. The number of nitrogens with one attached hydrogen (secondary N) is 1. The van der Waals surface area contributed by atoms with E-state index < -0.39 is 17.7 Å². The minimum Gasteiger partial charge on any atom is -0.460 e. The van der Waals surface area contributed by atoms with Crippen LogP contribution in [0.3, 0.4) is 0 Å². The molecular weight excluding hydrogens is 536 g/mol. The lowest BCUT2D eigenvalue weighted by Crippen LogP contribution is -2.37. The number of nitrogens with two attached hydrogens (primary N) is 1. The number of benzene rings is 2. The molecule has 0 aliphatic heterocycles. The number of nitrogen functional groups attached to an aromatic ring is 1. The van der Waals surface area contributed by atoms with Gasteiger partial charge in [-0.15, -0.1) is 0 Å². The molecule has 2 aromatic heterocycles. The fourth-order valence-corrected chi connectivity index (χ4v) is 4.39. The molecule has 0 aliphatic carbocycles. The van der Waals surface area contributed by atoms with E-state index in [4.69, 9.17) is 20.6 Å². The van der Waals surface area contributed by atoms with Gasteiger partial charge < -0.3 is 19.8 Å². The van der Waals surface area contributed by atoms with Crippen molar-refractivity contribution in [3.8, 4) is 5.75 Å². The summed E-state index contributed by atoms with van der Waals surface area (Å²) in [5.41, 5.74) is 7.78. The van der Waals surface area contributed by atoms with E-state index in [-0.39, 0.29) is 42.6 Å². The lowest BCUT2D eigenvalue weighted by molar-refractivity contribution is -0.154. The van der Waals surface area contributed by atoms with Crippen molar-refractivity contribution >= 4 is 40.4 Å². The summed E-state index contributed by atoms with van der Waals surface area (Å²) >= 11 is 0. The van der Waals surface area contributed by atoms with Crippen molar-refractivity contribution in [2.24, 2.45) is 12.8 Å². The number of amides is 1. The first-order valence-electron chi connectivity index (χ1n) is 13.4. The second kappa shape index (κ2) is 12.6. The highest BCUT2D eigenvalue weighted by atomic mass is 16.6. The molecule has 3 N–H and O–H groups in total. The van der Waals surface area contributed by atoms with Crippen LogP contribution in [0.1, 0.15) is 55.1 Å². The van der Waals surface area contributed by atoms with E-state index in [0.29, 0.717) is 22.9 Å². The molecule has 0 saturated heterocycles. The van der Waals surface area contributed by atoms with Crippen molar-refractivity contribution in [2.45, 2.75) is 45.6 Å². The van der Waals surface area contributed by atoms with Crippen molar-refractivity contribution < 1.29 is 23.9 Å². The number of hydrogen-bond donors (Lipinski definition) is 2. The van der Waals surface area contributed by atoms with Gasteiger partial charge in [-0.1, -0.05) is 24.3 Å². The third-order valence-corrected chi connectivity index (χ3v) is 6.40. The van der Waals surface area contributed by atoms with Gasteiger partial charge in [0.15, 0.2) is 5.78 Å². The van der Waals surface area contributed by atoms with Crippen molar-refractivity contribution in [3.63, 3.8) is 0 Å². The fourth-order valence-electron chi connectivity index (χ4n) is 4.39. The predicted molar refractivity (Wildman–Crippen MR) is 159 cm³/mol. The molecule has 2 heterocycles. The third-order valence-electron chi connectivity index (χ3n) is 6.40. The molecule has 4 rings (SSSR count). The third kappa shape index (κ3) is 7.57. The van der Waals surface area contributed by atoms with Crippen LogP contribution in [0.25, 0.3) is 10.9 Å². The van der Waals surface area contributed by atoms with Gasteiger partial charge in [0.1, 0.15) is 29.3 Å². The molecule has 0 bridgehead atoms. The first kappa shape index (κ1) is 29.9. The van der Waals surface area contributed by atoms with Crippen LogP contribution in [0, 0.1) is 5.41 Å². The molecule has 0 saturated carbocycles. The Morgan fingerprint density at radius 2 is 1.79 bits per heavy atom. The van der Waals surface area contributed by atoms with Gasteiger partial charge in [0.05, 0.1) is 6.42 Å². The summed E-state index contributed by atoms with van der Waals surface area (Å²) in [4.78, 5) is 48.2. The Morgan fingerprint density at radius 1 is 1.05 bits per heavy atom. The number of esters is 1. The van der Waals surface area contributed by atoms with Crippen LogP contribution in [0.2, 0.25) is 0 Å². The zero-order valence-corrected chi connectivity index (χ0v) is 24.1. The number of carbonyl (C=O) groups excluding carboxylic acids is 3. The lowest BCUT2D eigenvalue weighted by atomic mass is 10.0. The number of anilines is 1. The molecule has 42 heavy (non-hydrogen) atoms. The number of carbonyl (C=O) groups is 3. The highest BCUT2D eigenvalue weighted by Crippen LogP contribution is 2.28. The van der Waals surface area contributed by atoms with Gasteiger partial charge in [0, 0.05) is 54.4 Å². The van der Waals surface area contributed by atoms with Crippen LogP contribution >= 0.6 is 0 Å². The SMILES string of the molecule is Cn1cc(C(=O)CCc2ccc(C(=N)N)cc2)c2cc(OC(=O)N(CCC(=O)OC(C)(C)C)c3ccncn3)ccc21. The monoisotopic (exact) mass is 570 g/mol. The zero-order chi connectivity index (χ0) is 30.4. The molecule has 218 valence electrons. The van der Waals surface area contributed by atoms with Gasteiger partial charge in [-0.3, -0.25) is 19.9 Å². The van der Waals surface area contributed by atoms with Gasteiger partial charge in [0.2, 0.25) is 0 Å². The van der Waals surface area contributed by atoms with Crippen LogP contribution < -0.4 is 15.4 Å². The number of aryl methyl sites for hydroxylation is 2. The van der Waals surface area contributed by atoms with Gasteiger partial charge in [0.25, 0.3) is 0 Å². The second-order valence-corrected chi connectivity index (χ2v) is 10.8. The number of Topliss-reactive ketones (excluding diaryl/α,β-unsaturated/α-hetero) is 1. The standard InChI is InChI=1S/C31H34N6O5/c1-31(2,3)42-28(39)14-16-37(27-13-15-34-19-35-27)30(40)41-22-10-11-25-23(17-22)24(18-36(25)4)26(38)12-7-20-5-8-21(9-6-20)29(32)33/h5-6,8-11,13,15,17-19H,7,12,14,16H2,1-4H3,(H3,32,33). The Morgan fingerprint density at radius 3 is 2.43 bits per heavy atom. The average Bonchev–Trinajstić information content (AvgIpc) is 3.27. The Labute approximate surface area is 243 Å². The summed E-state index contributed by atoms with van der Waals surface area (Å²) in [7, 11) is 1.85. The van der Waals surface area contributed by atoms with Crippen LogP contribution in [0.5, 0.6) is 5.75 Å². The number of rotatable bonds is 10. The molecule has 4 aromatic rings. The van der Waals surface area contributed by atoms with E-state index in [0.717, 1.165) is 11.1 Å². The van der Waals surface area contributed by atoms with Gasteiger partial charge in [-0.2, -0.15) is 0 Å². The van der Waals surface area contributed by atoms with Crippen LogP contribution in [-0.4, -0.2) is 50.4 Å². The minimum absolute atomic E-state index is 0.00640. The van der Waals surface area contributed by atoms with Crippen molar-refractivity contribution in [3.05, 3.63) is 83.9 Å². The number of aromatic nitrogens is 3. The van der Waals surface area contributed by atoms with E-state index in [9.17, 15) is 14.4 Å². The summed E-state index contributed by atoms with van der Waals surface area (Å²) in [5, 5.41) is 8.18. The lowest BCUT2D eigenvalue weighted by Gasteiger charge is -2.23. The van der Waals surface area contributed by atoms with Gasteiger partial charge in [-0.05, 0) is 57.0 Å². The predicted octanol–water partition coefficient (Wildman–Crippen LogP) is 4.81. The normalized spacial score (nSPS) is 11.2. The Bertz CT molecular complexity index is 1610. The summed E-state index contributed by atoms with van der Waals surface area (Å²) in [6.07, 6.45) is 4.54. The Balaban J connectivity index is 1.51. The van der Waals surface area contributed by atoms with Gasteiger partial charge in [-0.25, -0.2) is 14.8 Å². The van der Waals surface area contributed by atoms with E-state index >= 15 is 0 Å². The second-order valence-electron chi connectivity index (χ2n) is 10.8. The first-order valence-corrected chi connectivity index (χ1v) is 13.4. The Hall–Kier alpha value is -5.06. The molecule has 0 radical (unpaired) electrons. The van der Waals surface area contributed by atoms with Crippen LogP contribution in [-0.2, 0) is 23.0 Å². The topological polar surface area (TPSA) is 153 Å². The number of ketones is 1. The van der Waals surface area contributed by atoms with E-state index in [1.165, 1.54) is 17.4 Å². The quantitative estimate of drug-likeness (QED) is 0.119. The fraction of sp³-hybridized carbons (Fsp3) is 0.290. The summed E-state index contributed by atoms with van der Waals surface area (Å²) in [6.45, 7) is 5.29. The molecule has 0 unspecified atom stereocenters. The molecular formula is C31H34N6O5. The maximum absolute atomic E-state index is 13.3. The molecule has 11 heteroatoms. The first-order chi connectivity index (χ1) is 19.9. The molecule has 1 amide bonds. The Kier molecular flexibility index (Phi) is 8.99. The zero-order valence-electron chi connectivity index (χ0n) is 24.1. The smallest absolute Gasteiger partial charge is 0.420 e. The summed E-state index contributed by atoms with van der Waals surface area (Å²) < 4.78 is 12.9. The van der Waals surface area contributed by atoms with E-state index in [1.54, 1.807) is 63.4 Å². The minimum atomic E-state index is -0.741. The summed E-state index contributed by atoms with van der Waals surface area (Å²) in [6, 6.07) is 13.9. The average molecular weight is 571 g/mol. The maximum Gasteiger partial charge on any atom is 0.420 e. The highest BCUT2D eigenvalue weighted by molar-refractivity contribution is 6.08. The number of hydrogen-bond acceptors (Lipinski definition) is 8. The molecule has 2 aromatic carbocycles. The van der Waals surface area contributed by atoms with Crippen LogP contribution in [0.15, 0.2) is 67.3 Å². The largest absolute Gasteiger partial charge is 0.460 e. The molecule has 11 nitrogen and oxygen atoms in total. The number of amidine groups is 1. The number of nitrogens with zero attached hydrogens (tertiary/aromatic N) is 4. The van der Waals surface area contributed by atoms with Crippen LogP contribution in [0.4, 0.5) is 10.6 Å². The van der Waals surface area contributed by atoms with E-state index in [2.05, 4.69) is 9.97 Å². The number of fused-ring (bicyclic) bond motifs is 1. The molecule has 0 atom stereocenters. The van der Waals surface area contributed by atoms with Gasteiger partial charge >= 0.3 is 12.1 Å². The molecule has 0 fully saturated rings. The van der Waals surface area contributed by atoms with Crippen molar-refractivity contribution in [1.82, 2.24) is 14.5 Å². The molecule has 0 aliphatic rings. The highest BCUT2D eigenvalue weighted by Gasteiger charge is 2.24.